The van der Waals surface area contributed by atoms with Gasteiger partial charge in [-0.3, -0.25) is 0 Å². The first-order valence-electron chi connectivity index (χ1n) is 3.98. The van der Waals surface area contributed by atoms with Gasteiger partial charge in [-0.15, -0.1) is 0 Å². The molecule has 0 aromatic heterocycles. The molecule has 6 nitrogen and oxygen atoms in total. The Morgan fingerprint density at radius 3 is 1.36 bits per heavy atom. The van der Waals surface area contributed by atoms with E-state index in [1.807, 2.05) is 0 Å². The Bertz CT molecular complexity index is 216. The molecule has 2 atom stereocenters. The summed E-state index contributed by atoms with van der Waals surface area (Å²) in [5.41, 5.74) is 11.3. The van der Waals surface area contributed by atoms with Crippen LogP contribution in [0, 0.1) is 0 Å². The molecular formula is C6H14N2O4PtSe. The molecule has 0 bridgehead atoms. The van der Waals surface area contributed by atoms with Crippen LogP contribution < -0.4 is 19.8 Å². The van der Waals surface area contributed by atoms with Crippen molar-refractivity contribution in [3.05, 3.63) is 0 Å². The van der Waals surface area contributed by atoms with Crippen molar-refractivity contribution in [1.29, 1.82) is 0 Å². The van der Waals surface area contributed by atoms with Crippen LogP contribution in [0.25, 0.3) is 0 Å². The van der Waals surface area contributed by atoms with E-state index in [2.05, 4.69) is 0 Å². The van der Waals surface area contributed by atoms with E-state index in [4.69, 9.17) is 27.5 Å². The van der Waals surface area contributed by atoms with Crippen molar-refractivity contribution in [2.45, 2.75) is 37.8 Å². The van der Waals surface area contributed by atoms with Gasteiger partial charge in [-0.05, 0) is 12.8 Å². The Hall–Kier alpha value is 0.648. The molecule has 1 rings (SSSR count). The summed E-state index contributed by atoms with van der Waals surface area (Å²) in [6.07, 6.45) is 4.80. The first kappa shape index (κ1) is 17.1. The topological polar surface area (TPSA) is 132 Å². The first-order valence-corrected chi connectivity index (χ1v) is 6.78. The van der Waals surface area contributed by atoms with Crippen molar-refractivity contribution in [1.82, 2.24) is 0 Å². The van der Waals surface area contributed by atoms with E-state index in [9.17, 15) is 0 Å². The summed E-state index contributed by atoms with van der Waals surface area (Å²) in [6, 6.07) is 0.562. The molecule has 1 aliphatic rings. The van der Waals surface area contributed by atoms with E-state index in [1.54, 1.807) is 0 Å². The van der Waals surface area contributed by atoms with E-state index in [-0.39, 0.29) is 33.1 Å². The number of nitrogens with two attached hydrogens (primary N) is 2. The van der Waals surface area contributed by atoms with Crippen LogP contribution in [0.15, 0.2) is 0 Å². The van der Waals surface area contributed by atoms with Crippen LogP contribution in [-0.2, 0) is 28.7 Å². The van der Waals surface area contributed by atoms with E-state index in [1.165, 1.54) is 12.8 Å². The van der Waals surface area contributed by atoms with Crippen LogP contribution in [0.4, 0.5) is 0 Å². The maximum absolute atomic E-state index is 8.59. The second-order valence-electron chi connectivity index (χ2n) is 3.02. The molecule has 0 amide bonds. The molecule has 1 aliphatic carbocycles. The second-order valence-corrected chi connectivity index (χ2v) is 4.73. The summed E-state index contributed by atoms with van der Waals surface area (Å²) in [5, 5.41) is 0. The molecule has 88 valence electrons. The van der Waals surface area contributed by atoms with Crippen LogP contribution in [0.3, 0.4) is 0 Å². The fourth-order valence-corrected chi connectivity index (χ4v) is 1.19. The van der Waals surface area contributed by atoms with Crippen LogP contribution in [0.1, 0.15) is 25.7 Å². The third-order valence-electron chi connectivity index (χ3n) is 1.87. The number of hydrogen-bond acceptors (Lipinski definition) is 6. The summed E-state index contributed by atoms with van der Waals surface area (Å²) < 4.78 is 34.4. The monoisotopic (exact) mass is 453 g/mol. The molecule has 0 heterocycles. The molecule has 8 heteroatoms. The molecule has 1 fully saturated rings. The average molecular weight is 452 g/mol. The van der Waals surface area contributed by atoms with Crippen molar-refractivity contribution >= 4 is 13.4 Å². The summed E-state index contributed by atoms with van der Waals surface area (Å²) in [4.78, 5) is 0. The Morgan fingerprint density at radius 2 is 1.21 bits per heavy atom. The maximum Gasteiger partial charge on any atom is 2.00 e. The first-order chi connectivity index (χ1) is 5.80. The van der Waals surface area contributed by atoms with Gasteiger partial charge >= 0.3 is 50.5 Å². The van der Waals surface area contributed by atoms with Gasteiger partial charge in [-0.25, -0.2) is 0 Å². The third-order valence-corrected chi connectivity index (χ3v) is 1.87. The molecule has 0 spiro atoms. The molecule has 4 N–H and O–H groups in total. The quantitative estimate of drug-likeness (QED) is 0.382. The zero-order valence-corrected chi connectivity index (χ0v) is 11.5. The van der Waals surface area contributed by atoms with Gasteiger partial charge in [-0.1, -0.05) is 12.8 Å². The molecule has 0 radical (unpaired) electrons. The predicted octanol–water partition coefficient (Wildman–Crippen LogP) is -2.78. The minimum Gasteiger partial charge on any atom is 2.00 e. The molecule has 0 aliphatic heterocycles. The Morgan fingerprint density at radius 1 is 1.00 bits per heavy atom. The van der Waals surface area contributed by atoms with Crippen molar-refractivity contribution in [3.8, 4) is 0 Å². The van der Waals surface area contributed by atoms with Gasteiger partial charge in [0.05, 0.1) is 0 Å². The molecular weight excluding hydrogens is 438 g/mol. The number of hydrogen-bond donors (Lipinski definition) is 2. The van der Waals surface area contributed by atoms with Crippen LogP contribution in [-0.4, -0.2) is 25.5 Å². The van der Waals surface area contributed by atoms with Gasteiger partial charge in [0.25, 0.3) is 0 Å². The zero-order chi connectivity index (χ0) is 10.5. The van der Waals surface area contributed by atoms with Gasteiger partial charge in [-0.2, -0.15) is 0 Å². The number of rotatable bonds is 0. The maximum atomic E-state index is 8.59. The van der Waals surface area contributed by atoms with Gasteiger partial charge in [0.2, 0.25) is 0 Å². The van der Waals surface area contributed by atoms with E-state index < -0.39 is 13.4 Å². The molecule has 14 heavy (non-hydrogen) atoms. The minimum absolute atomic E-state index is 0. The molecule has 1 saturated carbocycles. The van der Waals surface area contributed by atoms with Crippen molar-refractivity contribution in [2.24, 2.45) is 11.5 Å². The molecule has 0 aromatic rings. The molecule has 0 aromatic carbocycles. The standard InChI is InChI=1S/C6H14N2.H2O4Se.Pt/c7-5-3-1-2-4-6(5)8;1-5(2,3)4;/h5-6H,1-4,7-8H2;(H2,1,2,3,4);/q;;+2/p-2. The fraction of sp³-hybridized carbons (Fsp3) is 1.00. The van der Waals surface area contributed by atoms with Gasteiger partial charge in [0, 0.05) is 12.1 Å². The largest absolute Gasteiger partial charge is 2.00 e. The van der Waals surface area contributed by atoms with E-state index in [0.717, 1.165) is 12.8 Å². The van der Waals surface area contributed by atoms with Crippen molar-refractivity contribution < 1.29 is 37.1 Å². The summed E-state index contributed by atoms with van der Waals surface area (Å²) in [7, 11) is 0. The van der Waals surface area contributed by atoms with Crippen LogP contribution >= 0.6 is 0 Å². The van der Waals surface area contributed by atoms with Gasteiger partial charge in [0.15, 0.2) is 0 Å². The predicted molar refractivity (Wildman–Crippen MR) is 41.5 cm³/mol. The second kappa shape index (κ2) is 7.88. The van der Waals surface area contributed by atoms with Gasteiger partial charge < -0.3 is 11.5 Å². The third kappa shape index (κ3) is 12.6. The van der Waals surface area contributed by atoms with E-state index >= 15 is 0 Å². The van der Waals surface area contributed by atoms with Gasteiger partial charge in [0.1, 0.15) is 0 Å². The van der Waals surface area contributed by atoms with Crippen LogP contribution in [0.2, 0.25) is 0 Å². The Kier molecular flexibility index (Phi) is 9.60. The van der Waals surface area contributed by atoms with E-state index in [0.29, 0.717) is 0 Å². The Balaban J connectivity index is 0. The summed E-state index contributed by atoms with van der Waals surface area (Å²) >= 11 is -5.75. The zero-order valence-electron chi connectivity index (χ0n) is 7.50. The Labute approximate surface area is 99.6 Å². The normalized spacial score (nSPS) is 26.9. The SMILES string of the molecule is NC1CCCCC1N.O=[Se](=O)([O-])[O-].[Pt+2]. The smallest absolute Gasteiger partial charge is 2.00 e. The van der Waals surface area contributed by atoms with Crippen molar-refractivity contribution in [2.75, 3.05) is 0 Å². The summed E-state index contributed by atoms with van der Waals surface area (Å²) in [6.45, 7) is 0. The molecule has 2 unspecified atom stereocenters. The summed E-state index contributed by atoms with van der Waals surface area (Å²) in [5.74, 6) is 0. The average Bonchev–Trinajstić information content (AvgIpc) is 1.92. The fourth-order valence-electron chi connectivity index (χ4n) is 1.19. The van der Waals surface area contributed by atoms with Crippen molar-refractivity contribution in [3.63, 3.8) is 0 Å². The van der Waals surface area contributed by atoms with Crippen LogP contribution in [0.5, 0.6) is 0 Å². The molecule has 0 saturated heterocycles. The minimum atomic E-state index is -5.75.